The van der Waals surface area contributed by atoms with Crippen molar-refractivity contribution in [3.63, 3.8) is 0 Å². The number of carboxylic acids is 2. The van der Waals surface area contributed by atoms with Crippen molar-refractivity contribution in [2.75, 3.05) is 13.1 Å². The summed E-state index contributed by atoms with van der Waals surface area (Å²) in [7, 11) is 0. The van der Waals surface area contributed by atoms with Gasteiger partial charge in [-0.05, 0) is 6.92 Å². The van der Waals surface area contributed by atoms with Gasteiger partial charge < -0.3 is 20.3 Å². The predicted molar refractivity (Wildman–Crippen MR) is 46.9 cm³/mol. The van der Waals surface area contributed by atoms with E-state index in [1.54, 1.807) is 0 Å². The number of carbonyl (C=O) groups excluding carboxylic acids is 1. The van der Waals surface area contributed by atoms with Crippen LogP contribution in [0.1, 0.15) is 13.3 Å². The van der Waals surface area contributed by atoms with Crippen LogP contribution < -0.4 is 5.32 Å². The maximum Gasteiger partial charge on any atom is 0.317 e. The molecule has 0 aliphatic rings. The summed E-state index contributed by atoms with van der Waals surface area (Å²) in [5.41, 5.74) is 0. The summed E-state index contributed by atoms with van der Waals surface area (Å²) < 4.78 is 0. The van der Waals surface area contributed by atoms with Gasteiger partial charge in [-0.15, -0.1) is 0 Å². The molecule has 6 nitrogen and oxygen atoms in total. The fraction of sp³-hybridized carbons (Fsp3) is 0.625. The highest BCUT2D eigenvalue weighted by Gasteiger charge is 2.18. The Kier molecular flexibility index (Phi) is 5.47. The predicted octanol–water partition coefficient (Wildman–Crippen LogP) is -0.659. The summed E-state index contributed by atoms with van der Waals surface area (Å²) >= 11 is 0. The summed E-state index contributed by atoms with van der Waals surface area (Å²) in [4.78, 5) is 31.3. The number of Topliss-reactive ketones (excluding diaryl/α,β-unsaturated/α-hetero) is 1. The lowest BCUT2D eigenvalue weighted by Crippen LogP contribution is -2.33. The molecule has 0 aromatic rings. The molecule has 0 amide bonds. The lowest BCUT2D eigenvalue weighted by Gasteiger charge is -2.09. The van der Waals surface area contributed by atoms with Gasteiger partial charge in [0.2, 0.25) is 0 Å². The first-order valence-electron chi connectivity index (χ1n) is 4.08. The summed E-state index contributed by atoms with van der Waals surface area (Å²) in [6.45, 7) is 0.982. The average Bonchev–Trinajstić information content (AvgIpc) is 2.00. The SMILES string of the molecule is CC(=O)CC(CNCC(=O)O)C(=O)O. The number of nitrogens with one attached hydrogen (secondary N) is 1. The van der Waals surface area contributed by atoms with Gasteiger partial charge in [-0.1, -0.05) is 0 Å². The highest BCUT2D eigenvalue weighted by atomic mass is 16.4. The van der Waals surface area contributed by atoms with E-state index in [0.29, 0.717) is 0 Å². The van der Waals surface area contributed by atoms with Gasteiger partial charge in [0, 0.05) is 13.0 Å². The molecule has 14 heavy (non-hydrogen) atoms. The standard InChI is InChI=1S/C8H13NO5/c1-5(10)2-6(8(13)14)3-9-4-7(11)12/h6,9H,2-4H2,1H3,(H,11,12)(H,13,14). The molecule has 0 bridgehead atoms. The zero-order valence-electron chi connectivity index (χ0n) is 7.82. The largest absolute Gasteiger partial charge is 0.481 e. The smallest absolute Gasteiger partial charge is 0.317 e. The average molecular weight is 203 g/mol. The van der Waals surface area contributed by atoms with Gasteiger partial charge in [0.15, 0.2) is 0 Å². The third kappa shape index (κ3) is 6.13. The molecule has 0 fully saturated rings. The van der Waals surface area contributed by atoms with E-state index in [1.165, 1.54) is 6.92 Å². The van der Waals surface area contributed by atoms with Crippen molar-refractivity contribution in [2.45, 2.75) is 13.3 Å². The van der Waals surface area contributed by atoms with Crippen LogP contribution in [-0.2, 0) is 14.4 Å². The molecule has 0 radical (unpaired) electrons. The minimum atomic E-state index is -1.10. The topological polar surface area (TPSA) is 104 Å². The number of aliphatic carboxylic acids is 2. The van der Waals surface area contributed by atoms with E-state index in [1.807, 2.05) is 0 Å². The summed E-state index contributed by atoms with van der Waals surface area (Å²) in [5, 5.41) is 19.4. The minimum absolute atomic E-state index is 0.0127. The van der Waals surface area contributed by atoms with Crippen LogP contribution in [0.15, 0.2) is 0 Å². The molecular formula is C8H13NO5. The van der Waals surface area contributed by atoms with E-state index < -0.39 is 17.9 Å². The van der Waals surface area contributed by atoms with E-state index in [4.69, 9.17) is 10.2 Å². The van der Waals surface area contributed by atoms with Crippen LogP contribution in [-0.4, -0.2) is 41.0 Å². The molecule has 0 aliphatic carbocycles. The molecule has 0 aromatic carbocycles. The monoisotopic (exact) mass is 203 g/mol. The zero-order chi connectivity index (χ0) is 11.1. The normalized spacial score (nSPS) is 12.1. The van der Waals surface area contributed by atoms with Crippen molar-refractivity contribution < 1.29 is 24.6 Å². The number of carbonyl (C=O) groups is 3. The number of rotatable bonds is 7. The molecule has 1 atom stereocenters. The Morgan fingerprint density at radius 3 is 2.21 bits per heavy atom. The zero-order valence-corrected chi connectivity index (χ0v) is 7.82. The molecule has 80 valence electrons. The molecule has 1 unspecified atom stereocenters. The second-order valence-electron chi connectivity index (χ2n) is 2.97. The Hall–Kier alpha value is -1.43. The van der Waals surface area contributed by atoms with Gasteiger partial charge in [-0.3, -0.25) is 9.59 Å². The Morgan fingerprint density at radius 1 is 1.29 bits per heavy atom. The quantitative estimate of drug-likeness (QED) is 0.507. The molecular weight excluding hydrogens is 190 g/mol. The number of hydrogen-bond donors (Lipinski definition) is 3. The summed E-state index contributed by atoms with van der Waals surface area (Å²) in [6, 6.07) is 0. The summed E-state index contributed by atoms with van der Waals surface area (Å²) in [6.07, 6.45) is -0.0814. The second-order valence-corrected chi connectivity index (χ2v) is 2.97. The van der Waals surface area contributed by atoms with Crippen LogP contribution in [0.3, 0.4) is 0 Å². The highest BCUT2D eigenvalue weighted by molar-refractivity contribution is 5.82. The molecule has 0 heterocycles. The molecule has 0 saturated carbocycles. The van der Waals surface area contributed by atoms with Crippen molar-refractivity contribution >= 4 is 17.7 Å². The fourth-order valence-electron chi connectivity index (χ4n) is 0.947. The third-order valence-electron chi connectivity index (χ3n) is 1.55. The van der Waals surface area contributed by atoms with E-state index in [9.17, 15) is 14.4 Å². The van der Waals surface area contributed by atoms with Gasteiger partial charge in [-0.25, -0.2) is 0 Å². The van der Waals surface area contributed by atoms with Crippen molar-refractivity contribution in [3.8, 4) is 0 Å². The van der Waals surface area contributed by atoms with E-state index in [0.717, 1.165) is 0 Å². The molecule has 0 spiro atoms. The molecule has 6 heteroatoms. The minimum Gasteiger partial charge on any atom is -0.481 e. The molecule has 0 aliphatic heterocycles. The Labute approximate surface area is 80.9 Å². The first-order valence-corrected chi connectivity index (χ1v) is 4.08. The highest BCUT2D eigenvalue weighted by Crippen LogP contribution is 2.02. The van der Waals surface area contributed by atoms with Crippen molar-refractivity contribution in [2.24, 2.45) is 5.92 Å². The van der Waals surface area contributed by atoms with Gasteiger partial charge in [0.05, 0.1) is 12.5 Å². The molecule has 3 N–H and O–H groups in total. The Balaban J connectivity index is 3.91. The van der Waals surface area contributed by atoms with Crippen LogP contribution in [0.4, 0.5) is 0 Å². The van der Waals surface area contributed by atoms with Gasteiger partial charge in [0.25, 0.3) is 0 Å². The molecule has 0 saturated heterocycles. The van der Waals surface area contributed by atoms with E-state index in [-0.39, 0.29) is 25.3 Å². The third-order valence-corrected chi connectivity index (χ3v) is 1.55. The number of ketones is 1. The van der Waals surface area contributed by atoms with E-state index >= 15 is 0 Å². The molecule has 0 aromatic heterocycles. The fourth-order valence-corrected chi connectivity index (χ4v) is 0.947. The first-order chi connectivity index (χ1) is 6.43. The van der Waals surface area contributed by atoms with Crippen LogP contribution in [0.2, 0.25) is 0 Å². The van der Waals surface area contributed by atoms with Crippen molar-refractivity contribution in [1.29, 1.82) is 0 Å². The lowest BCUT2D eigenvalue weighted by molar-refractivity contribution is -0.144. The summed E-state index contributed by atoms with van der Waals surface area (Å²) in [5.74, 6) is -3.24. The number of hydrogen-bond acceptors (Lipinski definition) is 4. The van der Waals surface area contributed by atoms with Crippen LogP contribution in [0.25, 0.3) is 0 Å². The molecule has 0 rings (SSSR count). The first kappa shape index (κ1) is 12.6. The second kappa shape index (κ2) is 6.09. The maximum absolute atomic E-state index is 10.6. The Morgan fingerprint density at radius 2 is 1.86 bits per heavy atom. The van der Waals surface area contributed by atoms with Crippen LogP contribution >= 0.6 is 0 Å². The van der Waals surface area contributed by atoms with Gasteiger partial charge in [0.1, 0.15) is 5.78 Å². The van der Waals surface area contributed by atoms with E-state index in [2.05, 4.69) is 5.32 Å². The lowest BCUT2D eigenvalue weighted by atomic mass is 10.0. The van der Waals surface area contributed by atoms with Crippen LogP contribution in [0.5, 0.6) is 0 Å². The van der Waals surface area contributed by atoms with Gasteiger partial charge in [-0.2, -0.15) is 0 Å². The van der Waals surface area contributed by atoms with Crippen molar-refractivity contribution in [3.05, 3.63) is 0 Å². The number of carboxylic acid groups (broad SMARTS) is 2. The van der Waals surface area contributed by atoms with Crippen LogP contribution in [0, 0.1) is 5.92 Å². The maximum atomic E-state index is 10.6. The Bertz CT molecular complexity index is 238. The van der Waals surface area contributed by atoms with Crippen molar-refractivity contribution in [1.82, 2.24) is 5.32 Å². The van der Waals surface area contributed by atoms with Gasteiger partial charge >= 0.3 is 11.9 Å².